The molecule has 0 fully saturated rings. The summed E-state index contributed by atoms with van der Waals surface area (Å²) in [5, 5.41) is 8.23. The number of nitrogens with zero attached hydrogens (tertiary/aromatic N) is 3. The van der Waals surface area contributed by atoms with Gasteiger partial charge in [-0.25, -0.2) is 0 Å². The second kappa shape index (κ2) is 6.99. The summed E-state index contributed by atoms with van der Waals surface area (Å²) < 4.78 is 11.1. The van der Waals surface area contributed by atoms with Crippen LogP contribution >= 0.6 is 0 Å². The molecule has 1 heterocycles. The molecule has 0 aliphatic heterocycles. The number of para-hydroxylation sites is 1. The SMILES string of the molecule is CCOc1cccc(On2nnc3ccccc3c2=O)c1OCC. The maximum absolute atomic E-state index is 12.5. The van der Waals surface area contributed by atoms with Gasteiger partial charge in [-0.15, -0.1) is 5.10 Å². The molecule has 0 saturated carbocycles. The molecular formula is C17H17N3O4. The third kappa shape index (κ3) is 3.01. The van der Waals surface area contributed by atoms with Crippen molar-refractivity contribution in [1.82, 2.24) is 15.2 Å². The van der Waals surface area contributed by atoms with Crippen molar-refractivity contribution in [2.75, 3.05) is 13.2 Å². The predicted octanol–water partition coefficient (Wildman–Crippen LogP) is 2.43. The van der Waals surface area contributed by atoms with E-state index in [9.17, 15) is 4.79 Å². The van der Waals surface area contributed by atoms with Crippen LogP contribution in [0, 0.1) is 0 Å². The fraction of sp³-hybridized carbons (Fsp3) is 0.235. The van der Waals surface area contributed by atoms with Gasteiger partial charge in [-0.05, 0) is 48.2 Å². The highest BCUT2D eigenvalue weighted by Crippen LogP contribution is 2.37. The van der Waals surface area contributed by atoms with Gasteiger partial charge < -0.3 is 14.3 Å². The van der Waals surface area contributed by atoms with Crippen LogP contribution in [0.15, 0.2) is 47.3 Å². The van der Waals surface area contributed by atoms with Gasteiger partial charge in [0, 0.05) is 0 Å². The third-order valence-corrected chi connectivity index (χ3v) is 3.26. The fourth-order valence-corrected chi connectivity index (χ4v) is 2.25. The van der Waals surface area contributed by atoms with Crippen molar-refractivity contribution in [2.24, 2.45) is 0 Å². The molecule has 0 unspecified atom stereocenters. The molecule has 0 radical (unpaired) electrons. The topological polar surface area (TPSA) is 75.5 Å². The molecule has 0 bridgehead atoms. The van der Waals surface area contributed by atoms with Crippen LogP contribution in [-0.4, -0.2) is 28.4 Å². The Bertz CT molecular complexity index is 908. The summed E-state index contributed by atoms with van der Waals surface area (Å²) in [7, 11) is 0. The standard InChI is InChI=1S/C17H17N3O4/c1-3-22-14-10-7-11-15(16(14)23-4-2)24-20-17(21)12-8-5-6-9-13(12)18-19-20/h5-11H,3-4H2,1-2H3. The van der Waals surface area contributed by atoms with E-state index in [2.05, 4.69) is 10.3 Å². The number of hydrogen-bond acceptors (Lipinski definition) is 6. The van der Waals surface area contributed by atoms with E-state index in [1.54, 1.807) is 42.5 Å². The molecule has 7 nitrogen and oxygen atoms in total. The lowest BCUT2D eigenvalue weighted by atomic mass is 10.2. The molecule has 3 aromatic rings. The molecule has 7 heteroatoms. The van der Waals surface area contributed by atoms with E-state index in [1.165, 1.54) is 0 Å². The van der Waals surface area contributed by atoms with Crippen LogP contribution in [0.4, 0.5) is 0 Å². The summed E-state index contributed by atoms with van der Waals surface area (Å²) in [4.78, 5) is 18.9. The summed E-state index contributed by atoms with van der Waals surface area (Å²) in [5.41, 5.74) is 0.111. The van der Waals surface area contributed by atoms with Crippen molar-refractivity contribution in [3.8, 4) is 17.2 Å². The van der Waals surface area contributed by atoms with Gasteiger partial charge in [-0.1, -0.05) is 18.2 Å². The summed E-state index contributed by atoms with van der Waals surface area (Å²) in [6.07, 6.45) is 0. The number of hydrogen-bond donors (Lipinski definition) is 0. The Morgan fingerprint density at radius 1 is 0.958 bits per heavy atom. The van der Waals surface area contributed by atoms with Gasteiger partial charge in [0.2, 0.25) is 11.5 Å². The lowest BCUT2D eigenvalue weighted by Gasteiger charge is -2.14. The van der Waals surface area contributed by atoms with Crippen molar-refractivity contribution >= 4 is 10.9 Å². The van der Waals surface area contributed by atoms with Crippen LogP contribution in [0.2, 0.25) is 0 Å². The van der Waals surface area contributed by atoms with E-state index in [1.807, 2.05) is 13.8 Å². The Kier molecular flexibility index (Phi) is 4.60. The van der Waals surface area contributed by atoms with E-state index >= 15 is 0 Å². The average molecular weight is 327 g/mol. The van der Waals surface area contributed by atoms with E-state index in [0.717, 1.165) is 4.85 Å². The van der Waals surface area contributed by atoms with Gasteiger partial charge in [0.25, 0.3) is 0 Å². The summed E-state index contributed by atoms with van der Waals surface area (Å²) in [6.45, 7) is 4.65. The fourth-order valence-electron chi connectivity index (χ4n) is 2.25. The molecule has 0 N–H and O–H groups in total. The smallest absolute Gasteiger partial charge is 0.314 e. The Morgan fingerprint density at radius 3 is 2.50 bits per heavy atom. The van der Waals surface area contributed by atoms with Crippen LogP contribution in [0.5, 0.6) is 17.2 Å². The Balaban J connectivity index is 2.03. The normalized spacial score (nSPS) is 10.6. The average Bonchev–Trinajstić information content (AvgIpc) is 2.60. The first kappa shape index (κ1) is 15.8. The minimum atomic E-state index is -0.398. The van der Waals surface area contributed by atoms with Gasteiger partial charge in [0.15, 0.2) is 5.75 Å². The number of aromatic nitrogens is 3. The van der Waals surface area contributed by atoms with Gasteiger partial charge in [-0.3, -0.25) is 4.79 Å². The number of fused-ring (bicyclic) bond motifs is 1. The first-order valence-corrected chi connectivity index (χ1v) is 7.66. The largest absolute Gasteiger partial charge is 0.490 e. The number of rotatable bonds is 6. The molecule has 3 rings (SSSR count). The molecule has 0 aliphatic carbocycles. The van der Waals surface area contributed by atoms with Crippen molar-refractivity contribution in [3.05, 3.63) is 52.8 Å². The zero-order valence-corrected chi connectivity index (χ0v) is 13.4. The van der Waals surface area contributed by atoms with Crippen molar-refractivity contribution in [3.63, 3.8) is 0 Å². The van der Waals surface area contributed by atoms with Crippen LogP contribution < -0.4 is 19.9 Å². The summed E-state index contributed by atoms with van der Waals surface area (Å²) in [6, 6.07) is 12.1. The van der Waals surface area contributed by atoms with E-state index in [0.29, 0.717) is 41.4 Å². The zero-order valence-electron chi connectivity index (χ0n) is 13.4. The highest BCUT2D eigenvalue weighted by molar-refractivity contribution is 5.76. The maximum Gasteiger partial charge on any atom is 0.314 e. The zero-order chi connectivity index (χ0) is 16.9. The highest BCUT2D eigenvalue weighted by Gasteiger charge is 2.15. The lowest BCUT2D eigenvalue weighted by Crippen LogP contribution is -2.28. The summed E-state index contributed by atoms with van der Waals surface area (Å²) >= 11 is 0. The minimum Gasteiger partial charge on any atom is -0.490 e. The van der Waals surface area contributed by atoms with E-state index in [-0.39, 0.29) is 0 Å². The molecular weight excluding hydrogens is 310 g/mol. The van der Waals surface area contributed by atoms with Gasteiger partial charge in [0.1, 0.15) is 5.52 Å². The molecule has 1 aromatic heterocycles. The number of benzene rings is 2. The second-order valence-corrected chi connectivity index (χ2v) is 4.83. The van der Waals surface area contributed by atoms with Crippen LogP contribution in [0.3, 0.4) is 0 Å². The maximum atomic E-state index is 12.5. The van der Waals surface area contributed by atoms with E-state index < -0.39 is 5.56 Å². The monoisotopic (exact) mass is 327 g/mol. The molecule has 124 valence electrons. The van der Waals surface area contributed by atoms with E-state index in [4.69, 9.17) is 14.3 Å². The highest BCUT2D eigenvalue weighted by atomic mass is 16.7. The van der Waals surface area contributed by atoms with Crippen molar-refractivity contribution in [2.45, 2.75) is 13.8 Å². The first-order valence-electron chi connectivity index (χ1n) is 7.66. The first-order chi connectivity index (χ1) is 11.7. The van der Waals surface area contributed by atoms with Gasteiger partial charge >= 0.3 is 5.56 Å². The van der Waals surface area contributed by atoms with Crippen molar-refractivity contribution in [1.29, 1.82) is 0 Å². The Labute approximate surface area is 138 Å². The van der Waals surface area contributed by atoms with Crippen LogP contribution in [-0.2, 0) is 0 Å². The molecule has 0 spiro atoms. The van der Waals surface area contributed by atoms with Gasteiger partial charge in [0.05, 0.1) is 18.6 Å². The minimum absolute atomic E-state index is 0.328. The third-order valence-electron chi connectivity index (χ3n) is 3.26. The Morgan fingerprint density at radius 2 is 1.71 bits per heavy atom. The molecule has 0 saturated heterocycles. The molecule has 0 atom stereocenters. The summed E-state index contributed by atoms with van der Waals surface area (Å²) in [5.74, 6) is 1.29. The second-order valence-electron chi connectivity index (χ2n) is 4.83. The lowest BCUT2D eigenvalue weighted by molar-refractivity contribution is 0.146. The molecule has 2 aromatic carbocycles. The van der Waals surface area contributed by atoms with Crippen molar-refractivity contribution < 1.29 is 14.3 Å². The predicted molar refractivity (Wildman–Crippen MR) is 88.6 cm³/mol. The molecule has 0 aliphatic rings. The molecule has 0 amide bonds. The van der Waals surface area contributed by atoms with Crippen LogP contribution in [0.25, 0.3) is 10.9 Å². The molecule has 24 heavy (non-hydrogen) atoms. The quantitative estimate of drug-likeness (QED) is 0.692. The van der Waals surface area contributed by atoms with Crippen LogP contribution in [0.1, 0.15) is 13.8 Å². The Hall–Kier alpha value is -3.09. The number of ether oxygens (including phenoxy) is 2. The van der Waals surface area contributed by atoms with Gasteiger partial charge in [-0.2, -0.15) is 0 Å².